The molecule has 2 aromatic carbocycles. The van der Waals surface area contributed by atoms with Gasteiger partial charge in [-0.05, 0) is 0 Å². The van der Waals surface area contributed by atoms with Gasteiger partial charge in [0, 0.05) is 22.8 Å². The monoisotopic (exact) mass is 294 g/mol. The van der Waals surface area contributed by atoms with Gasteiger partial charge in [0.25, 0.3) is 0 Å². The van der Waals surface area contributed by atoms with Crippen LogP contribution in [0.4, 0.5) is 17.6 Å². The molecule has 0 aliphatic heterocycles. The molecule has 0 unspecified atom stereocenters. The highest BCUT2D eigenvalue weighted by atomic mass is 19.2. The fourth-order valence-corrected chi connectivity index (χ4v) is 2.45. The fourth-order valence-electron chi connectivity index (χ4n) is 2.45. The fraction of sp³-hybridized carbons (Fsp3) is 0.0667. The molecule has 2 aromatic rings. The van der Waals surface area contributed by atoms with Crippen LogP contribution in [0, 0.1) is 23.3 Å². The molecule has 0 bridgehead atoms. The molecule has 0 aromatic heterocycles. The van der Waals surface area contributed by atoms with Gasteiger partial charge in [0.15, 0.2) is 34.8 Å². The van der Waals surface area contributed by atoms with Crippen molar-refractivity contribution in [2.24, 2.45) is 0 Å². The van der Waals surface area contributed by atoms with Crippen molar-refractivity contribution in [3.63, 3.8) is 0 Å². The molecule has 6 heteroatoms. The highest BCUT2D eigenvalue weighted by molar-refractivity contribution is 6.29. The molecule has 0 saturated carbocycles. The highest BCUT2D eigenvalue weighted by Gasteiger charge is 2.43. The molecule has 0 N–H and O–H groups in total. The third-order valence-electron chi connectivity index (χ3n) is 3.42. The van der Waals surface area contributed by atoms with Crippen molar-refractivity contribution in [2.45, 2.75) is 5.92 Å². The third-order valence-corrected chi connectivity index (χ3v) is 3.42. The summed E-state index contributed by atoms with van der Waals surface area (Å²) in [4.78, 5) is 24.3. The van der Waals surface area contributed by atoms with Crippen molar-refractivity contribution >= 4 is 11.6 Å². The molecule has 3 rings (SSSR count). The van der Waals surface area contributed by atoms with Gasteiger partial charge in [-0.1, -0.05) is 24.3 Å². The van der Waals surface area contributed by atoms with E-state index in [0.717, 1.165) is 0 Å². The largest absolute Gasteiger partial charge is 0.293 e. The first-order chi connectivity index (χ1) is 9.93. The van der Waals surface area contributed by atoms with Crippen LogP contribution in [-0.2, 0) is 0 Å². The average Bonchev–Trinajstić information content (AvgIpc) is 2.71. The van der Waals surface area contributed by atoms with E-state index in [0.29, 0.717) is 0 Å². The van der Waals surface area contributed by atoms with Crippen molar-refractivity contribution in [1.29, 1.82) is 0 Å². The van der Waals surface area contributed by atoms with E-state index in [2.05, 4.69) is 0 Å². The molecule has 1 aliphatic carbocycles. The van der Waals surface area contributed by atoms with E-state index in [9.17, 15) is 27.2 Å². The molecule has 0 heterocycles. The van der Waals surface area contributed by atoms with Crippen LogP contribution in [0.1, 0.15) is 32.2 Å². The Balaban J connectivity index is 2.25. The Morgan fingerprint density at radius 1 is 0.762 bits per heavy atom. The Kier molecular flexibility index (Phi) is 2.90. The van der Waals surface area contributed by atoms with E-state index < -0.39 is 46.3 Å². The number of hydrogen-bond acceptors (Lipinski definition) is 2. The molecule has 1 aliphatic rings. The van der Waals surface area contributed by atoms with E-state index in [-0.39, 0.29) is 17.2 Å². The Hall–Kier alpha value is -2.50. The summed E-state index contributed by atoms with van der Waals surface area (Å²) in [5, 5.41) is 0. The first-order valence-electron chi connectivity index (χ1n) is 5.93. The van der Waals surface area contributed by atoms with Gasteiger partial charge in [-0.15, -0.1) is 0 Å². The summed E-state index contributed by atoms with van der Waals surface area (Å²) in [6, 6.07) is 5.63. The topological polar surface area (TPSA) is 34.1 Å². The lowest BCUT2D eigenvalue weighted by Crippen LogP contribution is -2.18. The second-order valence-corrected chi connectivity index (χ2v) is 4.59. The van der Waals surface area contributed by atoms with Crippen LogP contribution in [-0.4, -0.2) is 11.6 Å². The molecular formula is C15H6F4O2. The quantitative estimate of drug-likeness (QED) is 0.459. The highest BCUT2D eigenvalue weighted by Crippen LogP contribution is 2.37. The minimum absolute atomic E-state index is 0.0176. The first-order valence-corrected chi connectivity index (χ1v) is 5.93. The summed E-state index contributed by atoms with van der Waals surface area (Å²) >= 11 is 0. The lowest BCUT2D eigenvalue weighted by molar-refractivity contribution is 0.0884. The number of carbonyl (C=O) groups excluding carboxylic acids is 2. The number of rotatable bonds is 1. The number of carbonyl (C=O) groups is 2. The minimum atomic E-state index is -1.90. The molecule has 0 saturated heterocycles. The maximum absolute atomic E-state index is 13.8. The van der Waals surface area contributed by atoms with Gasteiger partial charge in [-0.3, -0.25) is 9.59 Å². The predicted molar refractivity (Wildman–Crippen MR) is 64.1 cm³/mol. The summed E-state index contributed by atoms with van der Waals surface area (Å²) in [6.07, 6.45) is 0. The summed E-state index contributed by atoms with van der Waals surface area (Å²) in [7, 11) is 0. The smallest absolute Gasteiger partial charge is 0.179 e. The summed E-state index contributed by atoms with van der Waals surface area (Å²) in [5.41, 5.74) is -1.22. The molecule has 0 spiro atoms. The van der Waals surface area contributed by atoms with Crippen LogP contribution in [0.25, 0.3) is 0 Å². The lowest BCUT2D eigenvalue weighted by atomic mass is 9.93. The van der Waals surface area contributed by atoms with Crippen molar-refractivity contribution < 1.29 is 27.2 Å². The van der Waals surface area contributed by atoms with E-state index in [1.807, 2.05) is 0 Å². The predicted octanol–water partition coefficient (Wildman–Crippen LogP) is 3.41. The second kappa shape index (κ2) is 4.51. The molecule has 0 atom stereocenters. The molecular weight excluding hydrogens is 288 g/mol. The van der Waals surface area contributed by atoms with Crippen LogP contribution in [0.2, 0.25) is 0 Å². The Morgan fingerprint density at radius 2 is 1.19 bits per heavy atom. The lowest BCUT2D eigenvalue weighted by Gasteiger charge is -2.11. The summed E-state index contributed by atoms with van der Waals surface area (Å²) in [5.74, 6) is -10.4. The average molecular weight is 294 g/mol. The normalized spacial score (nSPS) is 14.7. The zero-order chi connectivity index (χ0) is 15.3. The SMILES string of the molecule is O=C1c2ccccc2C(=O)C1c1c(F)c(F)cc(F)c1F. The maximum Gasteiger partial charge on any atom is 0.179 e. The Morgan fingerprint density at radius 3 is 1.62 bits per heavy atom. The third kappa shape index (κ3) is 1.79. The second-order valence-electron chi connectivity index (χ2n) is 4.59. The Bertz CT molecular complexity index is 737. The number of Topliss-reactive ketones (excluding diaryl/α,β-unsaturated/α-hetero) is 2. The molecule has 21 heavy (non-hydrogen) atoms. The summed E-state index contributed by atoms with van der Waals surface area (Å²) in [6.45, 7) is 0. The zero-order valence-electron chi connectivity index (χ0n) is 10.3. The first kappa shape index (κ1) is 13.5. The van der Waals surface area contributed by atoms with Crippen molar-refractivity contribution in [1.82, 2.24) is 0 Å². The van der Waals surface area contributed by atoms with Crippen LogP contribution >= 0.6 is 0 Å². The minimum Gasteiger partial charge on any atom is -0.293 e. The van der Waals surface area contributed by atoms with Crippen LogP contribution in [0.15, 0.2) is 30.3 Å². The van der Waals surface area contributed by atoms with E-state index >= 15 is 0 Å². The molecule has 2 nitrogen and oxygen atoms in total. The van der Waals surface area contributed by atoms with Crippen molar-refractivity contribution in [3.8, 4) is 0 Å². The number of halogens is 4. The number of benzene rings is 2. The van der Waals surface area contributed by atoms with Gasteiger partial charge in [-0.25, -0.2) is 17.6 Å². The van der Waals surface area contributed by atoms with Crippen LogP contribution in [0.3, 0.4) is 0 Å². The Labute approximate surface area is 116 Å². The standard InChI is InChI=1S/C15H6F4O2/c16-8-5-9(17)13(19)10(12(8)18)11-14(20)6-3-1-2-4-7(6)15(11)21/h1-5,11H. The van der Waals surface area contributed by atoms with Gasteiger partial charge >= 0.3 is 0 Å². The van der Waals surface area contributed by atoms with Gasteiger partial charge < -0.3 is 0 Å². The maximum atomic E-state index is 13.8. The van der Waals surface area contributed by atoms with Gasteiger partial charge in [0.05, 0.1) is 0 Å². The summed E-state index contributed by atoms with van der Waals surface area (Å²) < 4.78 is 54.1. The number of ketones is 2. The van der Waals surface area contributed by atoms with E-state index in [4.69, 9.17) is 0 Å². The number of fused-ring (bicyclic) bond motifs is 1. The van der Waals surface area contributed by atoms with Gasteiger partial charge in [0.1, 0.15) is 5.92 Å². The van der Waals surface area contributed by atoms with Crippen LogP contribution in [0.5, 0.6) is 0 Å². The van der Waals surface area contributed by atoms with Crippen molar-refractivity contribution in [2.75, 3.05) is 0 Å². The molecule has 0 radical (unpaired) electrons. The van der Waals surface area contributed by atoms with E-state index in [1.54, 1.807) is 0 Å². The molecule has 106 valence electrons. The molecule has 0 fully saturated rings. The van der Waals surface area contributed by atoms with Gasteiger partial charge in [0.2, 0.25) is 0 Å². The van der Waals surface area contributed by atoms with Gasteiger partial charge in [-0.2, -0.15) is 0 Å². The van der Waals surface area contributed by atoms with Crippen LogP contribution < -0.4 is 0 Å². The zero-order valence-corrected chi connectivity index (χ0v) is 10.3. The van der Waals surface area contributed by atoms with Crippen molar-refractivity contribution in [3.05, 3.63) is 70.3 Å². The van der Waals surface area contributed by atoms with E-state index in [1.165, 1.54) is 24.3 Å². The number of hydrogen-bond donors (Lipinski definition) is 0. The molecule has 0 amide bonds.